The number of para-hydroxylation sites is 1. The summed E-state index contributed by atoms with van der Waals surface area (Å²) in [6.07, 6.45) is 0. The molecule has 0 aliphatic rings. The Labute approximate surface area is 114 Å². The van der Waals surface area contributed by atoms with Crippen molar-refractivity contribution in [1.82, 2.24) is 5.32 Å². The van der Waals surface area contributed by atoms with Gasteiger partial charge in [0.05, 0.1) is 19.3 Å². The zero-order valence-corrected chi connectivity index (χ0v) is 11.6. The third kappa shape index (κ3) is 6.74. The first kappa shape index (κ1) is 15.4. The average Bonchev–Trinajstić information content (AvgIpc) is 2.38. The lowest BCUT2D eigenvalue weighted by Crippen LogP contribution is -2.39. The van der Waals surface area contributed by atoms with E-state index in [1.54, 1.807) is 0 Å². The molecule has 1 atom stereocenters. The van der Waals surface area contributed by atoms with E-state index in [9.17, 15) is 4.79 Å². The van der Waals surface area contributed by atoms with E-state index in [-0.39, 0.29) is 11.9 Å². The molecule has 0 radical (unpaired) electrons. The zero-order chi connectivity index (χ0) is 14.1. The third-order valence-corrected chi connectivity index (χ3v) is 2.48. The Morgan fingerprint density at radius 3 is 2.68 bits per heavy atom. The maximum absolute atomic E-state index is 11.9. The molecule has 0 bridgehead atoms. The van der Waals surface area contributed by atoms with E-state index in [0.29, 0.717) is 19.8 Å². The quantitative estimate of drug-likeness (QED) is 0.558. The van der Waals surface area contributed by atoms with Gasteiger partial charge in [0.15, 0.2) is 0 Å². The van der Waals surface area contributed by atoms with Crippen LogP contribution in [-0.2, 0) is 9.53 Å². The molecule has 1 aromatic carbocycles. The van der Waals surface area contributed by atoms with Gasteiger partial charge in [0, 0.05) is 12.2 Å². The van der Waals surface area contributed by atoms with Crippen molar-refractivity contribution in [3.05, 3.63) is 42.5 Å². The van der Waals surface area contributed by atoms with Crippen molar-refractivity contribution in [2.24, 2.45) is 0 Å². The average molecular weight is 262 g/mol. The van der Waals surface area contributed by atoms with Crippen LogP contribution in [0.15, 0.2) is 42.5 Å². The Kier molecular flexibility index (Phi) is 6.85. The number of benzene rings is 1. The van der Waals surface area contributed by atoms with Crippen molar-refractivity contribution < 1.29 is 9.53 Å². The highest BCUT2D eigenvalue weighted by atomic mass is 16.5. The number of rotatable bonds is 8. The molecule has 0 aliphatic heterocycles. The molecule has 4 nitrogen and oxygen atoms in total. The molecule has 0 saturated heterocycles. The van der Waals surface area contributed by atoms with Gasteiger partial charge in [0.25, 0.3) is 0 Å². The molecular weight excluding hydrogens is 240 g/mol. The van der Waals surface area contributed by atoms with Gasteiger partial charge in [0.2, 0.25) is 5.91 Å². The fraction of sp³-hybridized carbons (Fsp3) is 0.400. The number of ether oxygens (including phenoxy) is 1. The number of carbonyl (C=O) groups excluding carboxylic acids is 1. The summed E-state index contributed by atoms with van der Waals surface area (Å²) in [4.78, 5) is 11.9. The van der Waals surface area contributed by atoms with Crippen molar-refractivity contribution in [3.8, 4) is 0 Å². The number of hydrogen-bond acceptors (Lipinski definition) is 3. The van der Waals surface area contributed by atoms with Crippen LogP contribution in [0, 0.1) is 0 Å². The van der Waals surface area contributed by atoms with E-state index in [4.69, 9.17) is 4.74 Å². The standard InChI is InChI=1S/C15H22N2O2/c1-12(2)11-19-10-9-16-13(3)15(18)17-14-7-5-4-6-8-14/h4-8,13,16H,1,9-11H2,2-3H3,(H,17,18). The SMILES string of the molecule is C=C(C)COCCNC(C)C(=O)Nc1ccccc1. The molecule has 0 aromatic heterocycles. The second-order valence-corrected chi connectivity index (χ2v) is 4.54. The Morgan fingerprint density at radius 1 is 1.37 bits per heavy atom. The van der Waals surface area contributed by atoms with Gasteiger partial charge in [-0.2, -0.15) is 0 Å². The highest BCUT2D eigenvalue weighted by Gasteiger charge is 2.11. The number of anilines is 1. The van der Waals surface area contributed by atoms with Crippen LogP contribution in [0.5, 0.6) is 0 Å². The van der Waals surface area contributed by atoms with E-state index in [2.05, 4.69) is 17.2 Å². The molecule has 104 valence electrons. The van der Waals surface area contributed by atoms with E-state index in [1.807, 2.05) is 44.2 Å². The highest BCUT2D eigenvalue weighted by molar-refractivity contribution is 5.94. The molecule has 4 heteroatoms. The topological polar surface area (TPSA) is 50.4 Å². The molecule has 1 rings (SSSR count). The van der Waals surface area contributed by atoms with Crippen molar-refractivity contribution >= 4 is 11.6 Å². The summed E-state index contributed by atoms with van der Waals surface area (Å²) in [6.45, 7) is 9.27. The number of amides is 1. The van der Waals surface area contributed by atoms with Crippen LogP contribution in [0.3, 0.4) is 0 Å². The van der Waals surface area contributed by atoms with Gasteiger partial charge < -0.3 is 15.4 Å². The van der Waals surface area contributed by atoms with Gasteiger partial charge in [-0.25, -0.2) is 0 Å². The van der Waals surface area contributed by atoms with Crippen LogP contribution in [0.1, 0.15) is 13.8 Å². The summed E-state index contributed by atoms with van der Waals surface area (Å²) in [5.74, 6) is -0.0499. The third-order valence-electron chi connectivity index (χ3n) is 2.48. The maximum atomic E-state index is 11.9. The van der Waals surface area contributed by atoms with E-state index < -0.39 is 0 Å². The Hall–Kier alpha value is -1.65. The summed E-state index contributed by atoms with van der Waals surface area (Å²) < 4.78 is 5.35. The van der Waals surface area contributed by atoms with Crippen LogP contribution in [-0.4, -0.2) is 31.7 Å². The van der Waals surface area contributed by atoms with Crippen LogP contribution in [0.25, 0.3) is 0 Å². The normalized spacial score (nSPS) is 11.9. The predicted octanol–water partition coefficient (Wildman–Crippen LogP) is 2.20. The zero-order valence-electron chi connectivity index (χ0n) is 11.6. The molecule has 1 unspecified atom stereocenters. The van der Waals surface area contributed by atoms with Crippen LogP contribution in [0.4, 0.5) is 5.69 Å². The van der Waals surface area contributed by atoms with Crippen molar-refractivity contribution in [1.29, 1.82) is 0 Å². The molecule has 0 aliphatic carbocycles. The lowest BCUT2D eigenvalue weighted by Gasteiger charge is -2.14. The summed E-state index contributed by atoms with van der Waals surface area (Å²) in [6, 6.07) is 9.16. The number of hydrogen-bond donors (Lipinski definition) is 2. The van der Waals surface area contributed by atoms with Gasteiger partial charge in [-0.05, 0) is 26.0 Å². The second kappa shape index (κ2) is 8.45. The molecular formula is C15H22N2O2. The first-order valence-electron chi connectivity index (χ1n) is 6.41. The molecule has 1 aromatic rings. The summed E-state index contributed by atoms with van der Waals surface area (Å²) in [5.41, 5.74) is 1.80. The number of nitrogens with one attached hydrogen (secondary N) is 2. The minimum Gasteiger partial charge on any atom is -0.376 e. The maximum Gasteiger partial charge on any atom is 0.241 e. The Bertz CT molecular complexity index is 404. The Balaban J connectivity index is 2.20. The van der Waals surface area contributed by atoms with E-state index >= 15 is 0 Å². The van der Waals surface area contributed by atoms with Gasteiger partial charge in [-0.15, -0.1) is 0 Å². The highest BCUT2D eigenvalue weighted by Crippen LogP contribution is 2.05. The largest absolute Gasteiger partial charge is 0.376 e. The fourth-order valence-corrected chi connectivity index (χ4v) is 1.46. The molecule has 2 N–H and O–H groups in total. The van der Waals surface area contributed by atoms with E-state index in [1.165, 1.54) is 0 Å². The first-order chi connectivity index (χ1) is 9.09. The minimum atomic E-state index is -0.256. The molecule has 0 fully saturated rings. The van der Waals surface area contributed by atoms with Crippen LogP contribution in [0.2, 0.25) is 0 Å². The fourth-order valence-electron chi connectivity index (χ4n) is 1.46. The summed E-state index contributed by atoms with van der Waals surface area (Å²) in [7, 11) is 0. The predicted molar refractivity (Wildman–Crippen MR) is 78.2 cm³/mol. The van der Waals surface area contributed by atoms with Gasteiger partial charge in [-0.1, -0.05) is 30.4 Å². The van der Waals surface area contributed by atoms with Crippen LogP contribution >= 0.6 is 0 Å². The molecule has 0 saturated carbocycles. The molecule has 19 heavy (non-hydrogen) atoms. The minimum absolute atomic E-state index is 0.0499. The lowest BCUT2D eigenvalue weighted by molar-refractivity contribution is -0.117. The molecule has 1 amide bonds. The monoisotopic (exact) mass is 262 g/mol. The lowest BCUT2D eigenvalue weighted by atomic mass is 10.2. The van der Waals surface area contributed by atoms with Gasteiger partial charge >= 0.3 is 0 Å². The van der Waals surface area contributed by atoms with Gasteiger partial charge in [-0.3, -0.25) is 4.79 Å². The Morgan fingerprint density at radius 2 is 2.05 bits per heavy atom. The first-order valence-corrected chi connectivity index (χ1v) is 6.41. The van der Waals surface area contributed by atoms with Crippen molar-refractivity contribution in [2.75, 3.05) is 25.1 Å². The smallest absolute Gasteiger partial charge is 0.241 e. The van der Waals surface area contributed by atoms with E-state index in [0.717, 1.165) is 11.3 Å². The van der Waals surface area contributed by atoms with Crippen molar-refractivity contribution in [3.63, 3.8) is 0 Å². The second-order valence-electron chi connectivity index (χ2n) is 4.54. The summed E-state index contributed by atoms with van der Waals surface area (Å²) >= 11 is 0. The number of carbonyl (C=O) groups is 1. The molecule has 0 spiro atoms. The molecule has 0 heterocycles. The summed E-state index contributed by atoms with van der Waals surface area (Å²) in [5, 5.41) is 5.95. The van der Waals surface area contributed by atoms with Gasteiger partial charge in [0.1, 0.15) is 0 Å². The van der Waals surface area contributed by atoms with Crippen molar-refractivity contribution in [2.45, 2.75) is 19.9 Å². The van der Waals surface area contributed by atoms with Crippen LogP contribution < -0.4 is 10.6 Å².